The molecule has 0 amide bonds. The summed E-state index contributed by atoms with van der Waals surface area (Å²) in [6, 6.07) is 6.23. The van der Waals surface area contributed by atoms with E-state index in [2.05, 4.69) is 56.7 Å². The second-order valence-electron chi connectivity index (χ2n) is 6.55. The molecule has 104 valence electrons. The molecule has 1 saturated carbocycles. The number of hydrogen-bond donors (Lipinski definition) is 0. The van der Waals surface area contributed by atoms with Crippen LogP contribution in [-0.4, -0.2) is 30.2 Å². The van der Waals surface area contributed by atoms with Crippen LogP contribution in [0.1, 0.15) is 42.9 Å². The number of aryl methyl sites for hydroxylation is 2. The molecule has 3 rings (SSSR count). The van der Waals surface area contributed by atoms with Crippen LogP contribution in [-0.2, 0) is 0 Å². The lowest BCUT2D eigenvalue weighted by Crippen LogP contribution is -2.56. The summed E-state index contributed by atoms with van der Waals surface area (Å²) in [5, 5.41) is 0. The van der Waals surface area contributed by atoms with Gasteiger partial charge in [-0.1, -0.05) is 6.07 Å². The predicted molar refractivity (Wildman–Crippen MR) is 81.8 cm³/mol. The number of benzene rings is 1. The van der Waals surface area contributed by atoms with Crippen LogP contribution in [0.2, 0.25) is 0 Å². The van der Waals surface area contributed by atoms with Crippen molar-refractivity contribution in [3.63, 3.8) is 0 Å². The van der Waals surface area contributed by atoms with Crippen LogP contribution in [0.25, 0.3) is 0 Å². The molecule has 3 unspecified atom stereocenters. The third kappa shape index (κ3) is 1.97. The predicted octanol–water partition coefficient (Wildman–Crippen LogP) is 3.63. The van der Waals surface area contributed by atoms with Gasteiger partial charge in [0, 0.05) is 17.8 Å². The van der Waals surface area contributed by atoms with E-state index in [1.165, 1.54) is 41.6 Å². The van der Waals surface area contributed by atoms with E-state index in [1.807, 2.05) is 0 Å². The standard InChI is InChI=1S/C17H26N2/c1-11-8-12(2)13(3)17(9-11)19-14(4)18(5)15-6-7-16(19)10-15/h8-9,14-16H,6-7,10H2,1-5H3. The van der Waals surface area contributed by atoms with Gasteiger partial charge in [-0.25, -0.2) is 0 Å². The van der Waals surface area contributed by atoms with Crippen molar-refractivity contribution < 1.29 is 0 Å². The van der Waals surface area contributed by atoms with E-state index in [9.17, 15) is 0 Å². The zero-order valence-electron chi connectivity index (χ0n) is 12.9. The quantitative estimate of drug-likeness (QED) is 0.759. The van der Waals surface area contributed by atoms with Crippen molar-refractivity contribution >= 4 is 5.69 Å². The van der Waals surface area contributed by atoms with E-state index in [4.69, 9.17) is 0 Å². The molecule has 0 aromatic heterocycles. The summed E-state index contributed by atoms with van der Waals surface area (Å²) < 4.78 is 0. The van der Waals surface area contributed by atoms with Crippen molar-refractivity contribution in [3.05, 3.63) is 28.8 Å². The Morgan fingerprint density at radius 1 is 1.05 bits per heavy atom. The Morgan fingerprint density at radius 3 is 2.47 bits per heavy atom. The van der Waals surface area contributed by atoms with E-state index in [-0.39, 0.29) is 0 Å². The highest BCUT2D eigenvalue weighted by Crippen LogP contribution is 2.40. The van der Waals surface area contributed by atoms with Crippen LogP contribution < -0.4 is 4.90 Å². The molecule has 2 nitrogen and oxygen atoms in total. The van der Waals surface area contributed by atoms with Crippen molar-refractivity contribution in [1.29, 1.82) is 0 Å². The Kier molecular flexibility index (Phi) is 3.09. The van der Waals surface area contributed by atoms with Gasteiger partial charge in [-0.05, 0) is 76.8 Å². The fraction of sp³-hybridized carbons (Fsp3) is 0.647. The van der Waals surface area contributed by atoms with Crippen LogP contribution >= 0.6 is 0 Å². The maximum Gasteiger partial charge on any atom is 0.0795 e. The lowest BCUT2D eigenvalue weighted by molar-refractivity contribution is 0.149. The number of nitrogens with zero attached hydrogens (tertiary/aromatic N) is 2. The van der Waals surface area contributed by atoms with E-state index in [0.717, 1.165) is 12.1 Å². The molecular weight excluding hydrogens is 232 g/mol. The second kappa shape index (κ2) is 4.52. The van der Waals surface area contributed by atoms with Crippen molar-refractivity contribution in [2.75, 3.05) is 11.9 Å². The molecule has 1 aliphatic heterocycles. The van der Waals surface area contributed by atoms with Crippen LogP contribution in [0, 0.1) is 20.8 Å². The molecule has 1 aromatic rings. The summed E-state index contributed by atoms with van der Waals surface area (Å²) in [6.07, 6.45) is 4.58. The second-order valence-corrected chi connectivity index (χ2v) is 6.55. The third-order valence-electron chi connectivity index (χ3n) is 5.40. The number of hydrogen-bond acceptors (Lipinski definition) is 2. The van der Waals surface area contributed by atoms with Gasteiger partial charge in [0.15, 0.2) is 0 Å². The minimum atomic E-state index is 0.520. The summed E-state index contributed by atoms with van der Waals surface area (Å²) >= 11 is 0. The molecule has 0 radical (unpaired) electrons. The first kappa shape index (κ1) is 13.0. The van der Waals surface area contributed by atoms with E-state index >= 15 is 0 Å². The number of anilines is 1. The van der Waals surface area contributed by atoms with Crippen molar-refractivity contribution in [3.8, 4) is 0 Å². The largest absolute Gasteiger partial charge is 0.353 e. The Balaban J connectivity index is 2.05. The molecule has 0 spiro atoms. The molecule has 0 N–H and O–H groups in total. The zero-order chi connectivity index (χ0) is 13.7. The van der Waals surface area contributed by atoms with E-state index < -0.39 is 0 Å². The maximum absolute atomic E-state index is 2.68. The van der Waals surface area contributed by atoms with Crippen molar-refractivity contribution in [1.82, 2.24) is 4.90 Å². The molecule has 19 heavy (non-hydrogen) atoms. The topological polar surface area (TPSA) is 6.48 Å². The summed E-state index contributed by atoms with van der Waals surface area (Å²) in [5.74, 6) is 0. The van der Waals surface area contributed by atoms with Gasteiger partial charge in [-0.2, -0.15) is 0 Å². The molecule has 2 fully saturated rings. The molecule has 2 heteroatoms. The van der Waals surface area contributed by atoms with E-state index in [0.29, 0.717) is 6.17 Å². The summed E-state index contributed by atoms with van der Waals surface area (Å²) in [7, 11) is 2.29. The molecule has 3 atom stereocenters. The lowest BCUT2D eigenvalue weighted by Gasteiger charge is -2.47. The average Bonchev–Trinajstić information content (AvgIpc) is 2.79. The molecule has 1 saturated heterocycles. The van der Waals surface area contributed by atoms with Crippen LogP contribution in [0.15, 0.2) is 12.1 Å². The molecule has 1 aliphatic carbocycles. The smallest absolute Gasteiger partial charge is 0.0795 e. The molecule has 1 aromatic carbocycles. The Labute approximate surface area is 117 Å². The first-order valence-corrected chi connectivity index (χ1v) is 7.57. The Morgan fingerprint density at radius 2 is 1.74 bits per heavy atom. The van der Waals surface area contributed by atoms with Crippen LogP contribution in [0.4, 0.5) is 5.69 Å². The fourth-order valence-corrected chi connectivity index (χ4v) is 4.05. The van der Waals surface area contributed by atoms with E-state index in [1.54, 1.807) is 0 Å². The summed E-state index contributed by atoms with van der Waals surface area (Å²) in [6.45, 7) is 9.09. The first-order chi connectivity index (χ1) is 8.99. The highest BCUT2D eigenvalue weighted by molar-refractivity contribution is 5.59. The molecule has 2 aliphatic rings. The third-order valence-corrected chi connectivity index (χ3v) is 5.40. The summed E-state index contributed by atoms with van der Waals surface area (Å²) in [4.78, 5) is 5.25. The summed E-state index contributed by atoms with van der Waals surface area (Å²) in [5.41, 5.74) is 5.72. The van der Waals surface area contributed by atoms with Gasteiger partial charge in [-0.3, -0.25) is 4.90 Å². The van der Waals surface area contributed by atoms with Crippen molar-refractivity contribution in [2.45, 2.75) is 65.2 Å². The van der Waals surface area contributed by atoms with Gasteiger partial charge in [0.25, 0.3) is 0 Å². The average molecular weight is 258 g/mol. The van der Waals surface area contributed by atoms with Gasteiger partial charge >= 0.3 is 0 Å². The number of fused-ring (bicyclic) bond motifs is 2. The normalized spacial score (nSPS) is 31.0. The highest BCUT2D eigenvalue weighted by Gasteiger charge is 2.42. The van der Waals surface area contributed by atoms with Gasteiger partial charge in [0.2, 0.25) is 0 Å². The molecular formula is C17H26N2. The lowest BCUT2D eigenvalue weighted by atomic mass is 10.00. The number of rotatable bonds is 1. The Bertz CT molecular complexity index is 494. The monoisotopic (exact) mass is 258 g/mol. The molecule has 2 bridgehead atoms. The minimum Gasteiger partial charge on any atom is -0.353 e. The zero-order valence-corrected chi connectivity index (χ0v) is 12.9. The first-order valence-electron chi connectivity index (χ1n) is 7.57. The SMILES string of the molecule is Cc1cc(C)c(C)c(N2C3CCC(C3)N(C)C2C)c1. The van der Waals surface area contributed by atoms with Crippen LogP contribution in [0.5, 0.6) is 0 Å². The maximum atomic E-state index is 2.68. The highest BCUT2D eigenvalue weighted by atomic mass is 15.4. The van der Waals surface area contributed by atoms with Gasteiger partial charge in [0.05, 0.1) is 6.17 Å². The Hall–Kier alpha value is -1.02. The van der Waals surface area contributed by atoms with Gasteiger partial charge < -0.3 is 4.90 Å². The van der Waals surface area contributed by atoms with Gasteiger partial charge in [0.1, 0.15) is 0 Å². The van der Waals surface area contributed by atoms with Crippen LogP contribution in [0.3, 0.4) is 0 Å². The molecule has 1 heterocycles. The minimum absolute atomic E-state index is 0.520. The van der Waals surface area contributed by atoms with Gasteiger partial charge in [-0.15, -0.1) is 0 Å². The van der Waals surface area contributed by atoms with Crippen molar-refractivity contribution in [2.24, 2.45) is 0 Å². The fourth-order valence-electron chi connectivity index (χ4n) is 4.05.